The molecule has 160 valence electrons. The van der Waals surface area contributed by atoms with Crippen molar-refractivity contribution in [2.45, 2.75) is 33.1 Å². The van der Waals surface area contributed by atoms with Crippen LogP contribution in [-0.4, -0.2) is 55.3 Å². The number of benzene rings is 1. The van der Waals surface area contributed by atoms with E-state index in [1.807, 2.05) is 33.8 Å². The molecule has 0 saturated carbocycles. The predicted molar refractivity (Wildman–Crippen MR) is 111 cm³/mol. The number of aliphatic hydroxyl groups excluding tert-OH is 1. The molecule has 0 aliphatic heterocycles. The van der Waals surface area contributed by atoms with Gasteiger partial charge in [0.1, 0.15) is 5.69 Å². The quantitative estimate of drug-likeness (QED) is 0.701. The van der Waals surface area contributed by atoms with Gasteiger partial charge in [-0.1, -0.05) is 27.7 Å². The van der Waals surface area contributed by atoms with Gasteiger partial charge in [0.15, 0.2) is 17.2 Å². The van der Waals surface area contributed by atoms with E-state index in [4.69, 9.17) is 19.3 Å². The van der Waals surface area contributed by atoms with E-state index >= 15 is 0 Å². The summed E-state index contributed by atoms with van der Waals surface area (Å²) in [5.74, 6) is 1.11. The van der Waals surface area contributed by atoms with Gasteiger partial charge in [-0.05, 0) is 24.1 Å². The maximum atomic E-state index is 12.6. The summed E-state index contributed by atoms with van der Waals surface area (Å²) in [6.07, 6.45) is 0. The van der Waals surface area contributed by atoms with Gasteiger partial charge in [0.2, 0.25) is 5.75 Å². The van der Waals surface area contributed by atoms with Crippen LogP contribution in [0.1, 0.15) is 43.9 Å². The van der Waals surface area contributed by atoms with Crippen LogP contribution < -0.4 is 19.5 Å². The number of aliphatic hydroxyl groups is 1. The maximum absolute atomic E-state index is 12.6. The molecule has 1 atom stereocenters. The Bertz CT molecular complexity index is 855. The first-order valence-electron chi connectivity index (χ1n) is 9.46. The fraction of sp³-hybridized carbons (Fsp3) is 0.524. The van der Waals surface area contributed by atoms with Gasteiger partial charge in [0, 0.05) is 18.6 Å². The zero-order chi connectivity index (χ0) is 21.8. The van der Waals surface area contributed by atoms with Crippen molar-refractivity contribution in [2.75, 3.05) is 34.5 Å². The molecule has 2 N–H and O–H groups in total. The van der Waals surface area contributed by atoms with Gasteiger partial charge < -0.3 is 24.6 Å². The van der Waals surface area contributed by atoms with Crippen molar-refractivity contribution in [1.29, 1.82) is 0 Å². The average molecular weight is 405 g/mol. The molecule has 1 heterocycles. The summed E-state index contributed by atoms with van der Waals surface area (Å²) < 4.78 is 18.1. The molecule has 29 heavy (non-hydrogen) atoms. The van der Waals surface area contributed by atoms with E-state index < -0.39 is 0 Å². The molecular weight excluding hydrogens is 374 g/mol. The van der Waals surface area contributed by atoms with Crippen molar-refractivity contribution in [3.63, 3.8) is 0 Å². The van der Waals surface area contributed by atoms with Crippen LogP contribution in [0.25, 0.3) is 5.69 Å². The molecule has 1 unspecified atom stereocenters. The van der Waals surface area contributed by atoms with Crippen LogP contribution in [-0.2, 0) is 5.41 Å². The average Bonchev–Trinajstić information content (AvgIpc) is 3.16. The Hall–Kier alpha value is -2.74. The van der Waals surface area contributed by atoms with Crippen molar-refractivity contribution >= 4 is 5.91 Å². The normalized spacial score (nSPS) is 12.4. The minimum Gasteiger partial charge on any atom is -0.493 e. The molecule has 8 heteroatoms. The third-order valence-electron chi connectivity index (χ3n) is 4.54. The summed E-state index contributed by atoms with van der Waals surface area (Å²) in [5, 5.41) is 16.5. The Morgan fingerprint density at radius 2 is 1.83 bits per heavy atom. The lowest BCUT2D eigenvalue weighted by molar-refractivity contribution is 0.0937. The van der Waals surface area contributed by atoms with Crippen molar-refractivity contribution in [3.05, 3.63) is 29.6 Å². The molecule has 2 rings (SSSR count). The van der Waals surface area contributed by atoms with Crippen molar-refractivity contribution < 1.29 is 24.1 Å². The van der Waals surface area contributed by atoms with Gasteiger partial charge in [0.05, 0.1) is 27.0 Å². The lowest BCUT2D eigenvalue weighted by atomic mass is 9.91. The number of hydrogen-bond donors (Lipinski definition) is 2. The number of ether oxygens (including phenoxy) is 3. The molecule has 0 spiro atoms. The largest absolute Gasteiger partial charge is 0.493 e. The second-order valence-corrected chi connectivity index (χ2v) is 7.93. The van der Waals surface area contributed by atoms with Crippen LogP contribution in [0, 0.1) is 5.92 Å². The number of methoxy groups -OCH3 is 3. The maximum Gasteiger partial charge on any atom is 0.271 e. The van der Waals surface area contributed by atoms with Crippen LogP contribution in [0.15, 0.2) is 18.2 Å². The van der Waals surface area contributed by atoms with Crippen LogP contribution in [0.4, 0.5) is 0 Å². The van der Waals surface area contributed by atoms with Gasteiger partial charge in [-0.15, -0.1) is 0 Å². The SMILES string of the molecule is COc1ccc(-n2nc(C(=O)NCC(C)CO)cc2C(C)(C)C)c(OC)c1OC. The molecule has 0 aliphatic carbocycles. The van der Waals surface area contributed by atoms with E-state index in [0.717, 1.165) is 5.69 Å². The minimum atomic E-state index is -0.297. The molecule has 1 aromatic heterocycles. The number of nitrogens with zero attached hydrogens (tertiary/aromatic N) is 2. The first-order valence-corrected chi connectivity index (χ1v) is 9.46. The molecule has 0 fully saturated rings. The Kier molecular flexibility index (Phi) is 7.13. The molecule has 0 saturated heterocycles. The fourth-order valence-corrected chi connectivity index (χ4v) is 2.88. The number of carbonyl (C=O) groups is 1. The highest BCUT2D eigenvalue weighted by molar-refractivity contribution is 5.92. The standard InChI is InChI=1S/C21H31N3O5/c1-13(12-25)11-22-20(26)14-10-17(21(2,3)4)24(23-14)15-8-9-16(27-5)19(29-7)18(15)28-6/h8-10,13,25H,11-12H2,1-7H3,(H,22,26). The number of nitrogens with one attached hydrogen (secondary N) is 1. The number of rotatable bonds is 8. The molecule has 0 bridgehead atoms. The molecular formula is C21H31N3O5. The zero-order valence-electron chi connectivity index (χ0n) is 18.2. The van der Waals surface area contributed by atoms with Crippen LogP contribution in [0.3, 0.4) is 0 Å². The van der Waals surface area contributed by atoms with Gasteiger partial charge in [-0.2, -0.15) is 5.10 Å². The summed E-state index contributed by atoms with van der Waals surface area (Å²) in [5.41, 5.74) is 1.47. The Morgan fingerprint density at radius 1 is 1.17 bits per heavy atom. The Balaban J connectivity index is 2.58. The topological polar surface area (TPSA) is 94.8 Å². The molecule has 8 nitrogen and oxygen atoms in total. The first kappa shape index (κ1) is 22.5. The third kappa shape index (κ3) is 4.82. The van der Waals surface area contributed by atoms with E-state index in [2.05, 4.69) is 10.4 Å². The van der Waals surface area contributed by atoms with E-state index in [0.29, 0.717) is 29.5 Å². The minimum absolute atomic E-state index is 0.00477. The van der Waals surface area contributed by atoms with Gasteiger partial charge in [0.25, 0.3) is 5.91 Å². The van der Waals surface area contributed by atoms with Crippen molar-refractivity contribution in [3.8, 4) is 22.9 Å². The van der Waals surface area contributed by atoms with E-state index in [9.17, 15) is 4.79 Å². The molecule has 0 radical (unpaired) electrons. The predicted octanol–water partition coefficient (Wildman–Crippen LogP) is 2.55. The van der Waals surface area contributed by atoms with Gasteiger partial charge in [-0.3, -0.25) is 4.79 Å². The highest BCUT2D eigenvalue weighted by atomic mass is 16.5. The zero-order valence-corrected chi connectivity index (χ0v) is 18.2. The summed E-state index contributed by atoms with van der Waals surface area (Å²) in [7, 11) is 4.64. The van der Waals surface area contributed by atoms with Crippen molar-refractivity contribution in [2.24, 2.45) is 5.92 Å². The van der Waals surface area contributed by atoms with Gasteiger partial charge in [-0.25, -0.2) is 4.68 Å². The van der Waals surface area contributed by atoms with E-state index in [1.54, 1.807) is 38.1 Å². The van der Waals surface area contributed by atoms with Gasteiger partial charge >= 0.3 is 0 Å². The highest BCUT2D eigenvalue weighted by Gasteiger charge is 2.27. The van der Waals surface area contributed by atoms with Crippen LogP contribution in [0.5, 0.6) is 17.2 Å². The fourth-order valence-electron chi connectivity index (χ4n) is 2.88. The number of aromatic nitrogens is 2. The van der Waals surface area contributed by atoms with Crippen molar-refractivity contribution in [1.82, 2.24) is 15.1 Å². The molecule has 1 amide bonds. The second-order valence-electron chi connectivity index (χ2n) is 7.93. The first-order chi connectivity index (χ1) is 13.7. The summed E-state index contributed by atoms with van der Waals surface area (Å²) >= 11 is 0. The summed E-state index contributed by atoms with van der Waals surface area (Å²) in [6.45, 7) is 8.36. The van der Waals surface area contributed by atoms with E-state index in [-0.39, 0.29) is 29.5 Å². The monoisotopic (exact) mass is 405 g/mol. The lowest BCUT2D eigenvalue weighted by Gasteiger charge is -2.22. The van der Waals surface area contributed by atoms with E-state index in [1.165, 1.54) is 0 Å². The van der Waals surface area contributed by atoms with Crippen LogP contribution in [0.2, 0.25) is 0 Å². The summed E-state index contributed by atoms with van der Waals surface area (Å²) in [4.78, 5) is 12.6. The number of hydrogen-bond acceptors (Lipinski definition) is 6. The Morgan fingerprint density at radius 3 is 2.34 bits per heavy atom. The molecule has 2 aromatic rings. The highest BCUT2D eigenvalue weighted by Crippen LogP contribution is 2.42. The third-order valence-corrected chi connectivity index (χ3v) is 4.54. The molecule has 0 aliphatic rings. The number of amides is 1. The lowest BCUT2D eigenvalue weighted by Crippen LogP contribution is -2.29. The molecule has 1 aromatic carbocycles. The van der Waals surface area contributed by atoms with Crippen LogP contribution >= 0.6 is 0 Å². The second kappa shape index (κ2) is 9.17. The number of carbonyl (C=O) groups excluding carboxylic acids is 1. The smallest absolute Gasteiger partial charge is 0.271 e. The summed E-state index contributed by atoms with van der Waals surface area (Å²) in [6, 6.07) is 5.36. The Labute approximate surface area is 171 Å².